The molecule has 4 heteroatoms. The Labute approximate surface area is 126 Å². The Kier molecular flexibility index (Phi) is 5.44. The lowest BCUT2D eigenvalue weighted by atomic mass is 9.86. The van der Waals surface area contributed by atoms with Crippen molar-refractivity contribution in [1.29, 1.82) is 0 Å². The summed E-state index contributed by atoms with van der Waals surface area (Å²) in [5.74, 6) is 0.762. The van der Waals surface area contributed by atoms with Crippen LogP contribution in [-0.2, 0) is 4.79 Å². The van der Waals surface area contributed by atoms with Crippen molar-refractivity contribution in [3.05, 3.63) is 28.8 Å². The SMILES string of the molecule is Cc1c(Cl)cccc1NC(=O)C[NH2+][C@@H]1CCCC[C@H]1C. The Morgan fingerprint density at radius 1 is 1.40 bits per heavy atom. The first-order valence-corrected chi connectivity index (χ1v) is 7.84. The molecule has 2 atom stereocenters. The van der Waals surface area contributed by atoms with E-state index in [1.807, 2.05) is 25.1 Å². The van der Waals surface area contributed by atoms with Crippen molar-refractivity contribution in [3.63, 3.8) is 0 Å². The molecule has 20 heavy (non-hydrogen) atoms. The van der Waals surface area contributed by atoms with Crippen LogP contribution >= 0.6 is 11.6 Å². The molecule has 0 aliphatic heterocycles. The van der Waals surface area contributed by atoms with Crippen LogP contribution in [0.3, 0.4) is 0 Å². The molecule has 0 unspecified atom stereocenters. The number of rotatable bonds is 4. The van der Waals surface area contributed by atoms with Gasteiger partial charge in [0.05, 0.1) is 6.04 Å². The van der Waals surface area contributed by atoms with E-state index in [9.17, 15) is 4.79 Å². The van der Waals surface area contributed by atoms with Crippen molar-refractivity contribution in [3.8, 4) is 0 Å². The van der Waals surface area contributed by atoms with Crippen LogP contribution in [0.5, 0.6) is 0 Å². The largest absolute Gasteiger partial charge is 0.336 e. The Balaban J connectivity index is 1.85. The fourth-order valence-electron chi connectivity index (χ4n) is 2.90. The summed E-state index contributed by atoms with van der Waals surface area (Å²) in [5.41, 5.74) is 1.74. The van der Waals surface area contributed by atoms with Gasteiger partial charge in [0.15, 0.2) is 6.54 Å². The van der Waals surface area contributed by atoms with Crippen LogP contribution in [0.25, 0.3) is 0 Å². The minimum atomic E-state index is 0.0492. The number of amides is 1. The first-order valence-electron chi connectivity index (χ1n) is 7.46. The van der Waals surface area contributed by atoms with Gasteiger partial charge < -0.3 is 10.6 Å². The van der Waals surface area contributed by atoms with Crippen LogP contribution in [0.15, 0.2) is 18.2 Å². The van der Waals surface area contributed by atoms with E-state index in [2.05, 4.69) is 17.6 Å². The predicted octanol–water partition coefficient (Wildman–Crippen LogP) is 2.73. The minimum absolute atomic E-state index is 0.0492. The molecule has 110 valence electrons. The average molecular weight is 296 g/mol. The normalized spacial score (nSPS) is 22.6. The second kappa shape index (κ2) is 7.09. The van der Waals surface area contributed by atoms with Gasteiger partial charge in [0, 0.05) is 16.6 Å². The molecule has 2 rings (SSSR count). The predicted molar refractivity (Wildman–Crippen MR) is 83.0 cm³/mol. The van der Waals surface area contributed by atoms with Crippen molar-refractivity contribution in [2.24, 2.45) is 5.92 Å². The smallest absolute Gasteiger partial charge is 0.279 e. The topological polar surface area (TPSA) is 45.7 Å². The van der Waals surface area contributed by atoms with E-state index >= 15 is 0 Å². The van der Waals surface area contributed by atoms with E-state index in [0.29, 0.717) is 23.5 Å². The molecule has 1 fully saturated rings. The molecule has 0 bridgehead atoms. The lowest BCUT2D eigenvalue weighted by Crippen LogP contribution is -2.93. The Bertz CT molecular complexity index is 476. The number of nitrogens with two attached hydrogens (primary N) is 1. The van der Waals surface area contributed by atoms with Gasteiger partial charge in [0.1, 0.15) is 0 Å². The highest BCUT2D eigenvalue weighted by Crippen LogP contribution is 2.23. The summed E-state index contributed by atoms with van der Waals surface area (Å²) in [7, 11) is 0. The number of halogens is 1. The highest BCUT2D eigenvalue weighted by molar-refractivity contribution is 6.31. The fourth-order valence-corrected chi connectivity index (χ4v) is 3.07. The Morgan fingerprint density at radius 2 is 2.15 bits per heavy atom. The molecule has 1 aromatic carbocycles. The number of hydrogen-bond donors (Lipinski definition) is 2. The zero-order valence-corrected chi connectivity index (χ0v) is 13.0. The maximum atomic E-state index is 12.0. The molecule has 1 amide bonds. The molecule has 0 radical (unpaired) electrons. The number of carbonyl (C=O) groups excluding carboxylic acids is 1. The van der Waals surface area contributed by atoms with Crippen molar-refractivity contribution in [1.82, 2.24) is 0 Å². The third-order valence-corrected chi connectivity index (χ3v) is 4.74. The zero-order chi connectivity index (χ0) is 14.5. The molecule has 0 aromatic heterocycles. The average Bonchev–Trinajstić information content (AvgIpc) is 2.43. The molecule has 1 saturated carbocycles. The second-order valence-corrected chi connectivity index (χ2v) is 6.23. The summed E-state index contributed by atoms with van der Waals surface area (Å²) < 4.78 is 0. The monoisotopic (exact) mass is 295 g/mol. The van der Waals surface area contributed by atoms with E-state index < -0.39 is 0 Å². The molecule has 0 heterocycles. The Morgan fingerprint density at radius 3 is 2.90 bits per heavy atom. The number of nitrogens with one attached hydrogen (secondary N) is 1. The summed E-state index contributed by atoms with van der Waals surface area (Å²) in [4.78, 5) is 12.0. The first-order chi connectivity index (χ1) is 9.58. The molecular formula is C16H24ClN2O+. The van der Waals surface area contributed by atoms with Gasteiger partial charge in [0.25, 0.3) is 5.91 Å². The van der Waals surface area contributed by atoms with E-state index in [1.54, 1.807) is 0 Å². The van der Waals surface area contributed by atoms with E-state index in [1.165, 1.54) is 25.7 Å². The van der Waals surface area contributed by atoms with Crippen molar-refractivity contribution >= 4 is 23.2 Å². The number of carbonyl (C=O) groups is 1. The van der Waals surface area contributed by atoms with Gasteiger partial charge in [-0.15, -0.1) is 0 Å². The maximum Gasteiger partial charge on any atom is 0.279 e. The lowest BCUT2D eigenvalue weighted by molar-refractivity contribution is -0.687. The zero-order valence-electron chi connectivity index (χ0n) is 12.3. The minimum Gasteiger partial charge on any atom is -0.336 e. The molecule has 0 spiro atoms. The van der Waals surface area contributed by atoms with Gasteiger partial charge in [-0.3, -0.25) is 4.79 Å². The van der Waals surface area contributed by atoms with E-state index in [-0.39, 0.29) is 5.91 Å². The summed E-state index contributed by atoms with van der Waals surface area (Å²) >= 11 is 6.06. The first kappa shape index (κ1) is 15.3. The van der Waals surface area contributed by atoms with Crippen LogP contribution in [0.1, 0.15) is 38.2 Å². The molecular weight excluding hydrogens is 272 g/mol. The summed E-state index contributed by atoms with van der Waals surface area (Å²) in [6, 6.07) is 6.18. The van der Waals surface area contributed by atoms with Crippen LogP contribution < -0.4 is 10.6 Å². The standard InChI is InChI=1S/C16H23ClN2O/c1-11-6-3-4-8-14(11)18-10-16(20)19-15-9-5-7-13(17)12(15)2/h5,7,9,11,14,18H,3-4,6,8,10H2,1-2H3,(H,19,20)/p+1/t11-,14-/m1/s1. The Hall–Kier alpha value is -1.06. The molecule has 1 aliphatic rings. The quantitative estimate of drug-likeness (QED) is 0.881. The summed E-state index contributed by atoms with van der Waals surface area (Å²) in [6.45, 7) is 4.70. The van der Waals surface area contributed by atoms with Crippen LogP contribution in [0.2, 0.25) is 5.02 Å². The van der Waals surface area contributed by atoms with Crippen LogP contribution in [0.4, 0.5) is 5.69 Å². The van der Waals surface area contributed by atoms with Gasteiger partial charge in [-0.1, -0.05) is 31.0 Å². The van der Waals surface area contributed by atoms with E-state index in [0.717, 1.165) is 11.3 Å². The lowest BCUT2D eigenvalue weighted by Gasteiger charge is -2.26. The number of quaternary nitrogens is 1. The van der Waals surface area contributed by atoms with Crippen molar-refractivity contribution in [2.75, 3.05) is 11.9 Å². The molecule has 0 saturated heterocycles. The number of anilines is 1. The second-order valence-electron chi connectivity index (χ2n) is 5.83. The molecule has 3 nitrogen and oxygen atoms in total. The molecule has 3 N–H and O–H groups in total. The maximum absolute atomic E-state index is 12.0. The third-order valence-electron chi connectivity index (χ3n) is 4.33. The molecule has 1 aliphatic carbocycles. The summed E-state index contributed by atoms with van der Waals surface area (Å²) in [5, 5.41) is 5.83. The van der Waals surface area contributed by atoms with Crippen molar-refractivity contribution < 1.29 is 10.1 Å². The summed E-state index contributed by atoms with van der Waals surface area (Å²) in [6.07, 6.45) is 5.14. The van der Waals surface area contributed by atoms with Gasteiger partial charge in [-0.25, -0.2) is 0 Å². The number of hydrogen-bond acceptors (Lipinski definition) is 1. The third kappa shape index (κ3) is 3.97. The van der Waals surface area contributed by atoms with Gasteiger partial charge >= 0.3 is 0 Å². The van der Waals surface area contributed by atoms with Crippen LogP contribution in [-0.4, -0.2) is 18.5 Å². The highest BCUT2D eigenvalue weighted by Gasteiger charge is 2.24. The van der Waals surface area contributed by atoms with Gasteiger partial charge in [-0.2, -0.15) is 0 Å². The van der Waals surface area contributed by atoms with Crippen LogP contribution in [0, 0.1) is 12.8 Å². The highest BCUT2D eigenvalue weighted by atomic mass is 35.5. The van der Waals surface area contributed by atoms with Gasteiger partial charge in [-0.05, 0) is 43.9 Å². The van der Waals surface area contributed by atoms with E-state index in [4.69, 9.17) is 11.6 Å². The number of benzene rings is 1. The fraction of sp³-hybridized carbons (Fsp3) is 0.562. The molecule has 1 aromatic rings. The van der Waals surface area contributed by atoms with Crippen molar-refractivity contribution in [2.45, 2.75) is 45.6 Å². The van der Waals surface area contributed by atoms with Gasteiger partial charge in [0.2, 0.25) is 0 Å².